The standard InChI is InChI=1S/C43H35NO3/c1-25-14-17-29(27(3)20-25)33-23-37-40(31-11-7-6-10-30(31)33)46-39-22-28(44-24-42(4,5)36-21-26(2)15-19-38(36)44)16-18-35(39)43(37)34-13-9-8-12-32(34)41(45)47-43/h6-23H,24H2,1-5H3. The summed E-state index contributed by atoms with van der Waals surface area (Å²) >= 11 is 0. The quantitative estimate of drug-likeness (QED) is 0.182. The summed E-state index contributed by atoms with van der Waals surface area (Å²) in [4.78, 5) is 16.1. The highest BCUT2D eigenvalue weighted by Crippen LogP contribution is 2.59. The molecule has 1 atom stereocenters. The minimum Gasteiger partial charge on any atom is -0.456 e. The number of fused-ring (bicyclic) bond motifs is 9. The fourth-order valence-corrected chi connectivity index (χ4v) is 8.21. The maximum absolute atomic E-state index is 13.7. The summed E-state index contributed by atoms with van der Waals surface area (Å²) in [6.45, 7) is 11.9. The van der Waals surface area contributed by atoms with Crippen LogP contribution in [0.3, 0.4) is 0 Å². The molecule has 0 radical (unpaired) electrons. The molecule has 6 aromatic carbocycles. The lowest BCUT2D eigenvalue weighted by molar-refractivity contribution is 0.0225. The van der Waals surface area contributed by atoms with Crippen LogP contribution in [0.4, 0.5) is 11.4 Å². The third kappa shape index (κ3) is 3.85. The van der Waals surface area contributed by atoms with E-state index in [1.807, 2.05) is 24.3 Å². The molecule has 3 aliphatic heterocycles. The van der Waals surface area contributed by atoms with Crippen molar-refractivity contribution in [2.75, 3.05) is 11.4 Å². The van der Waals surface area contributed by atoms with Gasteiger partial charge in [0.05, 0.1) is 5.56 Å². The number of carbonyl (C=O) groups excluding carboxylic acids is 1. The minimum atomic E-state index is -1.16. The first kappa shape index (κ1) is 27.9. The number of esters is 1. The van der Waals surface area contributed by atoms with E-state index in [9.17, 15) is 4.79 Å². The summed E-state index contributed by atoms with van der Waals surface area (Å²) < 4.78 is 13.6. The van der Waals surface area contributed by atoms with E-state index in [2.05, 4.69) is 124 Å². The van der Waals surface area contributed by atoms with Crippen LogP contribution in [0.15, 0.2) is 109 Å². The first-order valence-electron chi connectivity index (χ1n) is 16.3. The molecule has 0 saturated heterocycles. The highest BCUT2D eigenvalue weighted by Gasteiger charge is 2.54. The third-order valence-electron chi connectivity index (χ3n) is 10.4. The molecule has 4 heteroatoms. The number of aryl methyl sites for hydroxylation is 3. The van der Waals surface area contributed by atoms with Gasteiger partial charge >= 0.3 is 5.97 Å². The Hall–Kier alpha value is -5.35. The molecule has 0 saturated carbocycles. The zero-order valence-electron chi connectivity index (χ0n) is 27.3. The first-order valence-corrected chi connectivity index (χ1v) is 16.3. The van der Waals surface area contributed by atoms with Crippen LogP contribution in [-0.2, 0) is 15.8 Å². The lowest BCUT2D eigenvalue weighted by atomic mass is 9.75. The number of ether oxygens (including phenoxy) is 2. The van der Waals surface area contributed by atoms with E-state index in [1.54, 1.807) is 0 Å². The molecule has 4 nitrogen and oxygen atoms in total. The van der Waals surface area contributed by atoms with Gasteiger partial charge < -0.3 is 14.4 Å². The Kier molecular flexibility index (Phi) is 5.69. The Morgan fingerprint density at radius 2 is 1.38 bits per heavy atom. The molecule has 3 aliphatic rings. The monoisotopic (exact) mass is 613 g/mol. The third-order valence-corrected chi connectivity index (χ3v) is 10.4. The lowest BCUT2D eigenvalue weighted by Crippen LogP contribution is -2.33. The van der Waals surface area contributed by atoms with Gasteiger partial charge in [-0.15, -0.1) is 0 Å². The summed E-state index contributed by atoms with van der Waals surface area (Å²) in [6.07, 6.45) is 0. The normalized spacial score (nSPS) is 18.4. The Morgan fingerprint density at radius 3 is 2.21 bits per heavy atom. The topological polar surface area (TPSA) is 38.8 Å². The molecule has 3 heterocycles. The number of anilines is 2. The predicted molar refractivity (Wildman–Crippen MR) is 188 cm³/mol. The highest BCUT2D eigenvalue weighted by molar-refractivity contribution is 6.04. The van der Waals surface area contributed by atoms with Crippen molar-refractivity contribution in [3.05, 3.63) is 154 Å². The largest absolute Gasteiger partial charge is 0.456 e. The molecule has 9 rings (SSSR count). The molecule has 6 aromatic rings. The highest BCUT2D eigenvalue weighted by atomic mass is 16.6. The number of hydrogen-bond acceptors (Lipinski definition) is 4. The van der Waals surface area contributed by atoms with Crippen LogP contribution in [0.5, 0.6) is 11.5 Å². The van der Waals surface area contributed by atoms with E-state index < -0.39 is 5.60 Å². The van der Waals surface area contributed by atoms with Gasteiger partial charge in [0, 0.05) is 51.5 Å². The second-order valence-electron chi connectivity index (χ2n) is 14.1. The van der Waals surface area contributed by atoms with E-state index in [0.717, 1.165) is 56.6 Å². The molecular formula is C43H35NO3. The Labute approximate surface area is 275 Å². The SMILES string of the molecule is Cc1ccc(-c2cc3c(c4ccccc24)Oc2cc(N4CC(C)(C)c5cc(C)ccc54)ccc2C32OC(=O)c3ccccc32)c(C)c1. The average Bonchev–Trinajstić information content (AvgIpc) is 3.51. The molecule has 1 unspecified atom stereocenters. The van der Waals surface area contributed by atoms with Gasteiger partial charge in [-0.25, -0.2) is 4.79 Å². The van der Waals surface area contributed by atoms with Gasteiger partial charge in [0.25, 0.3) is 0 Å². The van der Waals surface area contributed by atoms with Crippen molar-refractivity contribution in [1.29, 1.82) is 0 Å². The summed E-state index contributed by atoms with van der Waals surface area (Å²) in [5, 5.41) is 2.08. The van der Waals surface area contributed by atoms with Gasteiger partial charge in [-0.3, -0.25) is 0 Å². The van der Waals surface area contributed by atoms with E-state index in [-0.39, 0.29) is 11.4 Å². The fourth-order valence-electron chi connectivity index (χ4n) is 8.21. The van der Waals surface area contributed by atoms with Crippen LogP contribution in [0.2, 0.25) is 0 Å². The van der Waals surface area contributed by atoms with Crippen LogP contribution in [0.25, 0.3) is 21.9 Å². The summed E-state index contributed by atoms with van der Waals surface area (Å²) in [6, 6.07) is 38.1. The molecule has 0 fully saturated rings. The Bertz CT molecular complexity index is 2330. The summed E-state index contributed by atoms with van der Waals surface area (Å²) in [7, 11) is 0. The molecule has 0 bridgehead atoms. The van der Waals surface area contributed by atoms with Crippen molar-refractivity contribution in [3.8, 4) is 22.6 Å². The maximum atomic E-state index is 13.7. The zero-order valence-corrected chi connectivity index (χ0v) is 27.3. The van der Waals surface area contributed by atoms with E-state index >= 15 is 0 Å². The van der Waals surface area contributed by atoms with Gasteiger partial charge in [0.15, 0.2) is 5.60 Å². The second-order valence-corrected chi connectivity index (χ2v) is 14.1. The number of benzene rings is 6. The van der Waals surface area contributed by atoms with Crippen molar-refractivity contribution in [2.24, 2.45) is 0 Å². The van der Waals surface area contributed by atoms with Gasteiger partial charge in [-0.2, -0.15) is 0 Å². The first-order chi connectivity index (χ1) is 22.7. The molecule has 230 valence electrons. The number of rotatable bonds is 2. The van der Waals surface area contributed by atoms with Crippen LogP contribution in [-0.4, -0.2) is 12.5 Å². The molecule has 47 heavy (non-hydrogen) atoms. The van der Waals surface area contributed by atoms with Crippen molar-refractivity contribution < 1.29 is 14.3 Å². The molecule has 0 aromatic heterocycles. The van der Waals surface area contributed by atoms with Crippen LogP contribution in [0.1, 0.15) is 63.1 Å². The van der Waals surface area contributed by atoms with E-state index in [1.165, 1.54) is 27.9 Å². The number of hydrogen-bond donors (Lipinski definition) is 0. The lowest BCUT2D eigenvalue weighted by Gasteiger charge is -2.38. The van der Waals surface area contributed by atoms with E-state index in [4.69, 9.17) is 9.47 Å². The van der Waals surface area contributed by atoms with Crippen LogP contribution < -0.4 is 9.64 Å². The predicted octanol–water partition coefficient (Wildman–Crippen LogP) is 10.4. The van der Waals surface area contributed by atoms with Gasteiger partial charge in [-0.1, -0.05) is 97.8 Å². The van der Waals surface area contributed by atoms with Crippen LogP contribution >= 0.6 is 0 Å². The Morgan fingerprint density at radius 1 is 0.638 bits per heavy atom. The summed E-state index contributed by atoms with van der Waals surface area (Å²) in [5.41, 5.74) is 11.5. The molecule has 1 spiro atoms. The van der Waals surface area contributed by atoms with Crippen molar-refractivity contribution >= 4 is 28.1 Å². The van der Waals surface area contributed by atoms with Gasteiger partial charge in [-0.05, 0) is 78.7 Å². The fraction of sp³-hybridized carbons (Fsp3) is 0.186. The molecular weight excluding hydrogens is 578 g/mol. The number of nitrogens with zero attached hydrogens (tertiary/aromatic N) is 1. The van der Waals surface area contributed by atoms with Gasteiger partial charge in [0.1, 0.15) is 11.5 Å². The minimum absolute atomic E-state index is 0.00737. The molecule has 0 aliphatic carbocycles. The zero-order chi connectivity index (χ0) is 32.2. The van der Waals surface area contributed by atoms with Gasteiger partial charge in [0.2, 0.25) is 0 Å². The Balaban J connectivity index is 1.32. The second kappa shape index (κ2) is 9.59. The summed E-state index contributed by atoms with van der Waals surface area (Å²) in [5.74, 6) is 1.10. The van der Waals surface area contributed by atoms with Crippen molar-refractivity contribution in [3.63, 3.8) is 0 Å². The van der Waals surface area contributed by atoms with Crippen molar-refractivity contribution in [2.45, 2.75) is 45.6 Å². The smallest absolute Gasteiger partial charge is 0.340 e. The molecule has 0 N–H and O–H groups in total. The number of carbonyl (C=O) groups is 1. The maximum Gasteiger partial charge on any atom is 0.340 e. The average molecular weight is 614 g/mol. The van der Waals surface area contributed by atoms with E-state index in [0.29, 0.717) is 11.3 Å². The molecule has 0 amide bonds. The van der Waals surface area contributed by atoms with Crippen molar-refractivity contribution in [1.82, 2.24) is 0 Å². The van der Waals surface area contributed by atoms with Crippen LogP contribution in [0, 0.1) is 20.8 Å².